The number of carboxylic acids is 1. The smallest absolute Gasteiger partial charge is 0.325 e. The molecule has 0 aromatic heterocycles. The summed E-state index contributed by atoms with van der Waals surface area (Å²) in [7, 11) is 0. The molecular formula is C26H46N8O11S2. The van der Waals surface area contributed by atoms with Gasteiger partial charge < -0.3 is 58.3 Å². The molecule has 19 nitrogen and oxygen atoms in total. The van der Waals surface area contributed by atoms with Gasteiger partial charge >= 0.3 is 5.97 Å². The Kier molecular flexibility index (Phi) is 18.9. The molecule has 10 atom stereocenters. The van der Waals surface area contributed by atoms with Crippen LogP contribution in [0.5, 0.6) is 0 Å². The van der Waals surface area contributed by atoms with E-state index in [-0.39, 0.29) is 11.5 Å². The molecule has 0 saturated carbocycles. The second-order valence-corrected chi connectivity index (χ2v) is 11.5. The number of hydrogen-bond donors (Lipinski definition) is 13. The molecule has 0 unspecified atom stereocenters. The van der Waals surface area contributed by atoms with Crippen LogP contribution in [0.4, 0.5) is 0 Å². The number of thiol groups is 2. The van der Waals surface area contributed by atoms with Crippen molar-refractivity contribution >= 4 is 72.6 Å². The predicted octanol–water partition coefficient (Wildman–Crippen LogP) is -5.51. The summed E-state index contributed by atoms with van der Waals surface area (Å²) in [6.45, 7) is 7.50. The quantitative estimate of drug-likeness (QED) is 0.0559. The summed E-state index contributed by atoms with van der Waals surface area (Å²) in [5.74, 6) is -8.02. The highest BCUT2D eigenvalue weighted by atomic mass is 32.1. The monoisotopic (exact) mass is 710 g/mol. The minimum Gasteiger partial charge on any atom is -0.480 e. The first-order chi connectivity index (χ1) is 21.7. The molecule has 0 heterocycles. The molecule has 0 bridgehead atoms. The average molecular weight is 711 g/mol. The minimum atomic E-state index is -1.71. The maximum atomic E-state index is 13.0. The van der Waals surface area contributed by atoms with Gasteiger partial charge in [0, 0.05) is 11.5 Å². The van der Waals surface area contributed by atoms with E-state index in [1.807, 2.05) is 0 Å². The molecular weight excluding hydrogens is 664 g/mol. The second kappa shape index (κ2) is 20.5. The molecule has 7 amide bonds. The van der Waals surface area contributed by atoms with Crippen LogP contribution in [0.1, 0.15) is 41.5 Å². The molecule has 0 radical (unpaired) electrons. The van der Waals surface area contributed by atoms with Gasteiger partial charge in [-0.3, -0.25) is 38.4 Å². The number of aliphatic carboxylic acids is 1. The summed E-state index contributed by atoms with van der Waals surface area (Å²) >= 11 is 8.04. The Hall–Kier alpha value is -3.66. The van der Waals surface area contributed by atoms with E-state index < -0.39 is 108 Å². The molecule has 21 heteroatoms. The summed E-state index contributed by atoms with van der Waals surface area (Å²) in [5.41, 5.74) is 5.49. The molecule has 12 N–H and O–H groups in total. The van der Waals surface area contributed by atoms with E-state index in [0.29, 0.717) is 0 Å². The van der Waals surface area contributed by atoms with Gasteiger partial charge in [0.2, 0.25) is 41.4 Å². The molecule has 0 spiro atoms. The number of amides is 7. The number of hydrogen-bond acceptors (Lipinski definition) is 13. The lowest BCUT2D eigenvalue weighted by Crippen LogP contribution is -2.63. The SMILES string of the molecule is C[C@H](N)C(=O)N[C@@H](CS)C(=O)N[C@H](C(=O)N[C@H](C(=O)N[C@@H](CS)C(=O)N[C@@H](C)C(=O)N[C@@H](C)C(=O)N[C@@H](C)C(=O)O)[C@@H](C)O)[C@@H](C)O. The van der Waals surface area contributed by atoms with Crippen molar-refractivity contribution in [3.8, 4) is 0 Å². The molecule has 0 rings (SSSR count). The topological polar surface area (TPSA) is 307 Å². The van der Waals surface area contributed by atoms with Crippen molar-refractivity contribution in [3.05, 3.63) is 0 Å². The van der Waals surface area contributed by atoms with Crippen molar-refractivity contribution in [3.63, 3.8) is 0 Å². The molecule has 0 aliphatic heterocycles. The molecule has 0 saturated heterocycles. The van der Waals surface area contributed by atoms with Gasteiger partial charge in [-0.05, 0) is 41.5 Å². The molecule has 0 aromatic carbocycles. The largest absolute Gasteiger partial charge is 0.480 e. The molecule has 0 fully saturated rings. The van der Waals surface area contributed by atoms with Crippen molar-refractivity contribution in [1.29, 1.82) is 0 Å². The van der Waals surface area contributed by atoms with E-state index in [4.69, 9.17) is 10.8 Å². The van der Waals surface area contributed by atoms with Crippen molar-refractivity contribution in [2.75, 3.05) is 11.5 Å². The number of rotatable bonds is 19. The average Bonchev–Trinajstić information content (AvgIpc) is 2.98. The Morgan fingerprint density at radius 1 is 0.511 bits per heavy atom. The highest BCUT2D eigenvalue weighted by Crippen LogP contribution is 2.03. The van der Waals surface area contributed by atoms with E-state index in [9.17, 15) is 48.6 Å². The van der Waals surface area contributed by atoms with E-state index in [1.54, 1.807) is 0 Å². The van der Waals surface area contributed by atoms with Gasteiger partial charge in [0.15, 0.2) is 0 Å². The fraction of sp³-hybridized carbons (Fsp3) is 0.692. The maximum Gasteiger partial charge on any atom is 0.325 e. The van der Waals surface area contributed by atoms with Crippen LogP contribution in [0, 0.1) is 0 Å². The van der Waals surface area contributed by atoms with Crippen LogP contribution in [0.25, 0.3) is 0 Å². The first-order valence-corrected chi connectivity index (χ1v) is 15.6. The van der Waals surface area contributed by atoms with Gasteiger partial charge in [-0.2, -0.15) is 25.3 Å². The third-order valence-electron chi connectivity index (χ3n) is 6.40. The van der Waals surface area contributed by atoms with E-state index in [1.165, 1.54) is 34.6 Å². The van der Waals surface area contributed by atoms with Crippen LogP contribution in [0.3, 0.4) is 0 Å². The van der Waals surface area contributed by atoms with Crippen molar-refractivity contribution in [2.45, 2.75) is 102 Å². The number of aliphatic hydroxyl groups excluding tert-OH is 2. The van der Waals surface area contributed by atoms with Crippen LogP contribution in [0.15, 0.2) is 0 Å². The standard InChI is InChI=1S/C26H46N8O11S2/c1-9(27)19(37)31-16(8-47)23(41)33-18(14(6)36)25(43)34-17(13(5)35)24(42)32-15(7-46)22(40)29-11(3)20(38)28-10(2)21(39)30-12(4)26(44)45/h9-18,35-36,46-47H,7-8,27H2,1-6H3,(H,28,38)(H,29,40)(H,30,39)(H,31,37)(H,32,42)(H,33,41)(H,34,43)(H,44,45)/t9-,10-,11-,12-,13+,14+,15-,16-,17-,18-/m0/s1. The summed E-state index contributed by atoms with van der Waals surface area (Å²) in [6, 6.07) is -10.6. The van der Waals surface area contributed by atoms with Gasteiger partial charge in [-0.25, -0.2) is 0 Å². The van der Waals surface area contributed by atoms with Gasteiger partial charge in [-0.15, -0.1) is 0 Å². The Bertz CT molecular complexity index is 1160. The molecule has 0 aromatic rings. The molecule has 0 aliphatic carbocycles. The van der Waals surface area contributed by atoms with E-state index >= 15 is 0 Å². The highest BCUT2D eigenvalue weighted by Gasteiger charge is 2.35. The molecule has 0 aliphatic rings. The Labute approximate surface area is 282 Å². The summed E-state index contributed by atoms with van der Waals surface area (Å²) in [5, 5.41) is 45.2. The third kappa shape index (κ3) is 14.8. The highest BCUT2D eigenvalue weighted by molar-refractivity contribution is 7.80. The minimum absolute atomic E-state index is 0.189. The lowest BCUT2D eigenvalue weighted by Gasteiger charge is -2.28. The van der Waals surface area contributed by atoms with Crippen molar-refractivity contribution in [2.24, 2.45) is 5.73 Å². The fourth-order valence-electron chi connectivity index (χ4n) is 3.44. The van der Waals surface area contributed by atoms with Crippen molar-refractivity contribution < 1.29 is 53.7 Å². The van der Waals surface area contributed by atoms with Crippen LogP contribution in [-0.2, 0) is 38.4 Å². The predicted molar refractivity (Wildman–Crippen MR) is 173 cm³/mol. The summed E-state index contributed by atoms with van der Waals surface area (Å²) < 4.78 is 0. The van der Waals surface area contributed by atoms with Crippen LogP contribution >= 0.6 is 25.3 Å². The summed E-state index contributed by atoms with van der Waals surface area (Å²) in [6.07, 6.45) is -3.07. The normalized spacial score (nSPS) is 17.3. The maximum absolute atomic E-state index is 13.0. The fourth-order valence-corrected chi connectivity index (χ4v) is 3.96. The van der Waals surface area contributed by atoms with Crippen LogP contribution in [0.2, 0.25) is 0 Å². The summed E-state index contributed by atoms with van der Waals surface area (Å²) in [4.78, 5) is 99.0. The van der Waals surface area contributed by atoms with Gasteiger partial charge in [0.05, 0.1) is 18.2 Å². The lowest BCUT2D eigenvalue weighted by molar-refractivity contribution is -0.141. The number of carbonyl (C=O) groups is 8. The number of aliphatic hydroxyl groups is 2. The van der Waals surface area contributed by atoms with Gasteiger partial charge in [0.1, 0.15) is 42.3 Å². The van der Waals surface area contributed by atoms with Crippen LogP contribution in [-0.4, -0.2) is 135 Å². The van der Waals surface area contributed by atoms with Crippen molar-refractivity contribution in [1.82, 2.24) is 37.2 Å². The first-order valence-electron chi connectivity index (χ1n) is 14.4. The number of nitrogens with one attached hydrogen (secondary N) is 7. The van der Waals surface area contributed by atoms with E-state index in [0.717, 1.165) is 6.92 Å². The van der Waals surface area contributed by atoms with Gasteiger partial charge in [-0.1, -0.05) is 0 Å². The third-order valence-corrected chi connectivity index (χ3v) is 7.13. The Morgan fingerprint density at radius 3 is 1.19 bits per heavy atom. The molecule has 268 valence electrons. The zero-order chi connectivity index (χ0) is 36.8. The molecule has 47 heavy (non-hydrogen) atoms. The Balaban J connectivity index is 5.49. The van der Waals surface area contributed by atoms with Crippen LogP contribution < -0.4 is 43.0 Å². The lowest BCUT2D eigenvalue weighted by atomic mass is 10.1. The number of carbonyl (C=O) groups excluding carboxylic acids is 7. The van der Waals surface area contributed by atoms with Gasteiger partial charge in [0.25, 0.3) is 0 Å². The zero-order valence-electron chi connectivity index (χ0n) is 26.8. The number of nitrogens with two attached hydrogens (primary N) is 1. The number of carboxylic acid groups (broad SMARTS) is 1. The van der Waals surface area contributed by atoms with E-state index in [2.05, 4.69) is 62.5 Å². The second-order valence-electron chi connectivity index (χ2n) is 10.8. The Morgan fingerprint density at radius 2 is 0.830 bits per heavy atom. The zero-order valence-corrected chi connectivity index (χ0v) is 28.6. The first kappa shape index (κ1) is 43.3.